The lowest BCUT2D eigenvalue weighted by molar-refractivity contribution is 0.0552. The Labute approximate surface area is 125 Å². The first-order chi connectivity index (χ1) is 10.1. The third kappa shape index (κ3) is 3.09. The molecule has 1 aromatic rings. The fourth-order valence-electron chi connectivity index (χ4n) is 3.16. The van der Waals surface area contributed by atoms with Gasteiger partial charge in [-0.2, -0.15) is 0 Å². The Hall–Kier alpha value is -1.84. The van der Waals surface area contributed by atoms with Gasteiger partial charge in [0.25, 0.3) is 0 Å². The molecule has 1 aliphatic carbocycles. The molecule has 0 heterocycles. The summed E-state index contributed by atoms with van der Waals surface area (Å²) >= 11 is 0. The van der Waals surface area contributed by atoms with Crippen molar-refractivity contribution in [3.63, 3.8) is 0 Å². The first kappa shape index (κ1) is 15.5. The summed E-state index contributed by atoms with van der Waals surface area (Å²) in [5, 5.41) is 0. The summed E-state index contributed by atoms with van der Waals surface area (Å²) in [6.45, 7) is 1.81. The van der Waals surface area contributed by atoms with E-state index < -0.39 is 11.9 Å². The molecule has 0 N–H and O–H groups in total. The maximum atomic E-state index is 12.2. The molecule has 0 spiro atoms. The molecule has 0 saturated heterocycles. The van der Waals surface area contributed by atoms with Gasteiger partial charge < -0.3 is 9.47 Å². The molecular weight excluding hydrogens is 268 g/mol. The molecule has 0 atom stereocenters. The maximum Gasteiger partial charge on any atom is 0.339 e. The van der Waals surface area contributed by atoms with Crippen LogP contribution < -0.4 is 0 Å². The molecule has 1 aromatic carbocycles. The topological polar surface area (TPSA) is 52.6 Å². The Morgan fingerprint density at radius 2 is 1.52 bits per heavy atom. The predicted octanol–water partition coefficient (Wildman–Crippen LogP) is 3.62. The normalized spacial score (nSPS) is 15.6. The zero-order chi connectivity index (χ0) is 15.4. The Balaban J connectivity index is 2.58. The quantitative estimate of drug-likeness (QED) is 0.798. The molecule has 1 saturated carbocycles. The second-order valence-electron chi connectivity index (χ2n) is 5.54. The summed E-state index contributed by atoms with van der Waals surface area (Å²) in [6, 6.07) is 3.85. The van der Waals surface area contributed by atoms with Crippen molar-refractivity contribution in [1.29, 1.82) is 0 Å². The molecule has 0 amide bonds. The SMILES string of the molecule is COC(=O)c1c(C)ccc(C2CCCCC2)c1C(=O)OC. The lowest BCUT2D eigenvalue weighted by Gasteiger charge is -2.25. The van der Waals surface area contributed by atoms with Crippen LogP contribution in [0.1, 0.15) is 69.9 Å². The fourth-order valence-corrected chi connectivity index (χ4v) is 3.16. The molecule has 2 rings (SSSR count). The third-order valence-electron chi connectivity index (χ3n) is 4.27. The van der Waals surface area contributed by atoms with E-state index in [0.717, 1.165) is 36.8 Å². The number of hydrogen-bond donors (Lipinski definition) is 0. The first-order valence-electron chi connectivity index (χ1n) is 7.40. The zero-order valence-corrected chi connectivity index (χ0v) is 12.9. The Kier molecular flexibility index (Phi) is 4.99. The lowest BCUT2D eigenvalue weighted by Crippen LogP contribution is -2.19. The summed E-state index contributed by atoms with van der Waals surface area (Å²) in [6.07, 6.45) is 5.65. The van der Waals surface area contributed by atoms with Crippen molar-refractivity contribution in [3.8, 4) is 0 Å². The predicted molar refractivity (Wildman–Crippen MR) is 79.7 cm³/mol. The van der Waals surface area contributed by atoms with Gasteiger partial charge >= 0.3 is 11.9 Å². The molecule has 0 aliphatic heterocycles. The molecule has 0 radical (unpaired) electrons. The van der Waals surface area contributed by atoms with Crippen LogP contribution in [0.2, 0.25) is 0 Å². The van der Waals surface area contributed by atoms with Gasteiger partial charge in [0, 0.05) is 0 Å². The van der Waals surface area contributed by atoms with Crippen molar-refractivity contribution < 1.29 is 19.1 Å². The van der Waals surface area contributed by atoms with Gasteiger partial charge in [-0.15, -0.1) is 0 Å². The summed E-state index contributed by atoms with van der Waals surface area (Å²) in [5.74, 6) is -0.623. The molecule has 4 heteroatoms. The third-order valence-corrected chi connectivity index (χ3v) is 4.27. The van der Waals surface area contributed by atoms with Crippen LogP contribution in [0, 0.1) is 6.92 Å². The largest absolute Gasteiger partial charge is 0.465 e. The van der Waals surface area contributed by atoms with Crippen molar-refractivity contribution in [1.82, 2.24) is 0 Å². The number of hydrogen-bond acceptors (Lipinski definition) is 4. The van der Waals surface area contributed by atoms with Gasteiger partial charge in [0.05, 0.1) is 25.3 Å². The van der Waals surface area contributed by atoms with Crippen LogP contribution in [-0.4, -0.2) is 26.2 Å². The smallest absolute Gasteiger partial charge is 0.339 e. The highest BCUT2D eigenvalue weighted by Crippen LogP contribution is 2.36. The molecular formula is C17H22O4. The minimum Gasteiger partial charge on any atom is -0.465 e. The monoisotopic (exact) mass is 290 g/mol. The average molecular weight is 290 g/mol. The first-order valence-corrected chi connectivity index (χ1v) is 7.40. The fraction of sp³-hybridized carbons (Fsp3) is 0.529. The molecule has 0 aromatic heterocycles. The standard InChI is InChI=1S/C17H22O4/c1-11-9-10-13(12-7-5-4-6-8-12)15(17(19)21-3)14(11)16(18)20-2/h9-10,12H,4-8H2,1-3H3. The van der Waals surface area contributed by atoms with Crippen LogP contribution in [0.25, 0.3) is 0 Å². The van der Waals surface area contributed by atoms with E-state index in [1.165, 1.54) is 20.6 Å². The van der Waals surface area contributed by atoms with Crippen molar-refractivity contribution >= 4 is 11.9 Å². The van der Waals surface area contributed by atoms with Gasteiger partial charge in [0.15, 0.2) is 0 Å². The van der Waals surface area contributed by atoms with Crippen molar-refractivity contribution in [2.45, 2.75) is 44.9 Å². The van der Waals surface area contributed by atoms with Crippen molar-refractivity contribution in [2.75, 3.05) is 14.2 Å². The van der Waals surface area contributed by atoms with Crippen LogP contribution in [0.4, 0.5) is 0 Å². The summed E-state index contributed by atoms with van der Waals surface area (Å²) in [5.41, 5.74) is 2.39. The van der Waals surface area contributed by atoms with Gasteiger partial charge in [0.2, 0.25) is 0 Å². The van der Waals surface area contributed by atoms with E-state index in [2.05, 4.69) is 0 Å². The Morgan fingerprint density at radius 3 is 2.10 bits per heavy atom. The van der Waals surface area contributed by atoms with E-state index in [0.29, 0.717) is 17.0 Å². The number of carbonyl (C=O) groups is 2. The molecule has 21 heavy (non-hydrogen) atoms. The minimum absolute atomic E-state index is 0.317. The molecule has 1 fully saturated rings. The van der Waals surface area contributed by atoms with E-state index >= 15 is 0 Å². The highest BCUT2D eigenvalue weighted by Gasteiger charge is 2.28. The van der Waals surface area contributed by atoms with Crippen molar-refractivity contribution in [2.24, 2.45) is 0 Å². The number of ether oxygens (including phenoxy) is 2. The minimum atomic E-state index is -0.481. The van der Waals surface area contributed by atoms with Gasteiger partial charge in [-0.3, -0.25) is 0 Å². The summed E-state index contributed by atoms with van der Waals surface area (Å²) in [4.78, 5) is 24.3. The van der Waals surface area contributed by atoms with Gasteiger partial charge in [-0.1, -0.05) is 31.4 Å². The Morgan fingerprint density at radius 1 is 0.952 bits per heavy atom. The van der Waals surface area contributed by atoms with E-state index in [1.54, 1.807) is 0 Å². The van der Waals surface area contributed by atoms with Gasteiger partial charge in [0.1, 0.15) is 0 Å². The van der Waals surface area contributed by atoms with E-state index in [9.17, 15) is 9.59 Å². The lowest BCUT2D eigenvalue weighted by atomic mass is 9.80. The van der Waals surface area contributed by atoms with Crippen LogP contribution >= 0.6 is 0 Å². The molecule has 1 aliphatic rings. The number of carbonyl (C=O) groups excluding carboxylic acids is 2. The molecule has 0 bridgehead atoms. The highest BCUT2D eigenvalue weighted by atomic mass is 16.5. The number of rotatable bonds is 3. The number of aryl methyl sites for hydroxylation is 1. The molecule has 114 valence electrons. The van der Waals surface area contributed by atoms with Crippen LogP contribution in [-0.2, 0) is 9.47 Å². The maximum absolute atomic E-state index is 12.2. The highest BCUT2D eigenvalue weighted by molar-refractivity contribution is 6.05. The molecule has 0 unspecified atom stereocenters. The molecule has 4 nitrogen and oxygen atoms in total. The van der Waals surface area contributed by atoms with Crippen LogP contribution in [0.5, 0.6) is 0 Å². The number of methoxy groups -OCH3 is 2. The number of benzene rings is 1. The van der Waals surface area contributed by atoms with Gasteiger partial charge in [-0.25, -0.2) is 9.59 Å². The van der Waals surface area contributed by atoms with Crippen LogP contribution in [0.15, 0.2) is 12.1 Å². The van der Waals surface area contributed by atoms with Gasteiger partial charge in [-0.05, 0) is 36.8 Å². The summed E-state index contributed by atoms with van der Waals surface area (Å²) < 4.78 is 9.76. The number of esters is 2. The average Bonchev–Trinajstić information content (AvgIpc) is 2.53. The second kappa shape index (κ2) is 6.74. The van der Waals surface area contributed by atoms with E-state index in [4.69, 9.17) is 9.47 Å². The Bertz CT molecular complexity index is 542. The van der Waals surface area contributed by atoms with Crippen molar-refractivity contribution in [3.05, 3.63) is 34.4 Å². The van der Waals surface area contributed by atoms with E-state index in [1.807, 2.05) is 19.1 Å². The van der Waals surface area contributed by atoms with Crippen LogP contribution in [0.3, 0.4) is 0 Å². The second-order valence-corrected chi connectivity index (χ2v) is 5.54. The van der Waals surface area contributed by atoms with E-state index in [-0.39, 0.29) is 0 Å². The zero-order valence-electron chi connectivity index (χ0n) is 12.9. The summed E-state index contributed by atoms with van der Waals surface area (Å²) in [7, 11) is 2.67.